The molecule has 0 atom stereocenters. The lowest BCUT2D eigenvalue weighted by Crippen LogP contribution is -2.23. The molecule has 0 bridgehead atoms. The number of aromatic nitrogens is 1. The van der Waals surface area contributed by atoms with Crippen LogP contribution in [0.15, 0.2) is 29.9 Å². The van der Waals surface area contributed by atoms with Crippen LogP contribution in [0.2, 0.25) is 0 Å². The van der Waals surface area contributed by atoms with Crippen molar-refractivity contribution in [3.05, 3.63) is 50.5 Å². The molecule has 0 aliphatic carbocycles. The van der Waals surface area contributed by atoms with Crippen LogP contribution in [-0.4, -0.2) is 22.9 Å². The van der Waals surface area contributed by atoms with E-state index in [-0.39, 0.29) is 17.2 Å². The fourth-order valence-corrected chi connectivity index (χ4v) is 2.18. The lowest BCUT2D eigenvalue weighted by atomic mass is 10.1. The molecule has 0 saturated heterocycles. The molecule has 1 heterocycles. The van der Waals surface area contributed by atoms with Gasteiger partial charge in [0.1, 0.15) is 0 Å². The number of hydrogen-bond acceptors (Lipinski definition) is 6. The molecule has 8 heteroatoms. The van der Waals surface area contributed by atoms with E-state index in [1.807, 2.05) is 0 Å². The summed E-state index contributed by atoms with van der Waals surface area (Å²) in [7, 11) is 1.65. The van der Waals surface area contributed by atoms with Crippen LogP contribution in [0.25, 0.3) is 0 Å². The molecular weight excluding hydrogens is 280 g/mol. The number of thiazole rings is 1. The van der Waals surface area contributed by atoms with Gasteiger partial charge in [-0.3, -0.25) is 19.9 Å². The van der Waals surface area contributed by atoms with Gasteiger partial charge in [0.25, 0.3) is 11.6 Å². The van der Waals surface area contributed by atoms with Crippen molar-refractivity contribution in [3.8, 4) is 0 Å². The van der Waals surface area contributed by atoms with Gasteiger partial charge in [0.15, 0.2) is 0 Å². The van der Waals surface area contributed by atoms with Gasteiger partial charge >= 0.3 is 0 Å². The highest BCUT2D eigenvalue weighted by Crippen LogP contribution is 2.21. The van der Waals surface area contributed by atoms with Gasteiger partial charge in [0, 0.05) is 35.9 Å². The minimum Gasteiger partial charge on any atom is -0.387 e. The average molecular weight is 292 g/mol. The molecule has 0 aliphatic heterocycles. The topological polar surface area (TPSA) is 97.2 Å². The van der Waals surface area contributed by atoms with Crippen molar-refractivity contribution in [2.45, 2.75) is 6.54 Å². The third-order valence-electron chi connectivity index (χ3n) is 2.63. The zero-order valence-corrected chi connectivity index (χ0v) is 11.4. The third kappa shape index (κ3) is 3.09. The van der Waals surface area contributed by atoms with Gasteiger partial charge in [0.05, 0.1) is 22.5 Å². The number of benzene rings is 1. The molecule has 0 fully saturated rings. The van der Waals surface area contributed by atoms with Crippen molar-refractivity contribution in [2.75, 3.05) is 12.4 Å². The number of carbonyl (C=O) groups excluding carboxylic acids is 1. The van der Waals surface area contributed by atoms with Gasteiger partial charge in [-0.05, 0) is 6.07 Å². The number of nitro benzene ring substituents is 1. The molecule has 2 aromatic rings. The fraction of sp³-hybridized carbons (Fsp3) is 0.167. The van der Waals surface area contributed by atoms with Gasteiger partial charge < -0.3 is 10.6 Å². The molecule has 20 heavy (non-hydrogen) atoms. The Balaban J connectivity index is 2.18. The number of non-ortho nitro benzene ring substituents is 1. The molecule has 0 aliphatic rings. The number of hydrogen-bond donors (Lipinski definition) is 2. The first kappa shape index (κ1) is 13.9. The SMILES string of the molecule is CNc1ccc([N+](=O)[O-])cc1C(=O)NCc1cncs1. The van der Waals surface area contributed by atoms with E-state index in [1.165, 1.54) is 29.5 Å². The largest absolute Gasteiger partial charge is 0.387 e. The first-order valence-electron chi connectivity index (χ1n) is 5.73. The number of amides is 1. The van der Waals surface area contributed by atoms with E-state index in [0.717, 1.165) is 4.88 Å². The fourth-order valence-electron chi connectivity index (χ4n) is 1.64. The Morgan fingerprint density at radius 1 is 1.50 bits per heavy atom. The molecule has 0 unspecified atom stereocenters. The lowest BCUT2D eigenvalue weighted by Gasteiger charge is -2.09. The molecule has 2 rings (SSSR count). The minimum absolute atomic E-state index is 0.119. The van der Waals surface area contributed by atoms with Gasteiger partial charge in [-0.25, -0.2) is 0 Å². The highest BCUT2D eigenvalue weighted by Gasteiger charge is 2.16. The molecule has 1 aromatic heterocycles. The summed E-state index contributed by atoms with van der Waals surface area (Å²) >= 11 is 1.43. The van der Waals surface area contributed by atoms with E-state index in [4.69, 9.17) is 0 Å². The lowest BCUT2D eigenvalue weighted by molar-refractivity contribution is -0.384. The van der Waals surface area contributed by atoms with E-state index in [0.29, 0.717) is 12.2 Å². The molecule has 1 amide bonds. The maximum atomic E-state index is 12.1. The summed E-state index contributed by atoms with van der Waals surface area (Å²) in [6.45, 7) is 0.343. The van der Waals surface area contributed by atoms with Crippen molar-refractivity contribution in [2.24, 2.45) is 0 Å². The highest BCUT2D eigenvalue weighted by atomic mass is 32.1. The summed E-state index contributed by atoms with van der Waals surface area (Å²) in [6, 6.07) is 4.12. The Kier molecular flexibility index (Phi) is 4.26. The van der Waals surface area contributed by atoms with Crippen molar-refractivity contribution in [3.63, 3.8) is 0 Å². The number of rotatable bonds is 5. The summed E-state index contributed by atoms with van der Waals surface area (Å²) in [5.74, 6) is -0.369. The van der Waals surface area contributed by atoms with Crippen molar-refractivity contribution in [1.82, 2.24) is 10.3 Å². The zero-order chi connectivity index (χ0) is 14.5. The normalized spacial score (nSPS) is 10.1. The van der Waals surface area contributed by atoms with Crippen LogP contribution in [-0.2, 0) is 6.54 Å². The van der Waals surface area contributed by atoms with Crippen molar-refractivity contribution in [1.29, 1.82) is 0 Å². The maximum absolute atomic E-state index is 12.1. The Bertz CT molecular complexity index is 628. The molecule has 104 valence electrons. The zero-order valence-electron chi connectivity index (χ0n) is 10.6. The molecule has 1 aromatic carbocycles. The summed E-state index contributed by atoms with van der Waals surface area (Å²) in [6.07, 6.45) is 1.66. The summed E-state index contributed by atoms with van der Waals surface area (Å²) < 4.78 is 0. The standard InChI is InChI=1S/C12H12N4O3S/c1-13-11-3-2-8(16(18)19)4-10(11)12(17)15-6-9-5-14-7-20-9/h2-5,7,13H,6H2,1H3,(H,15,17). The first-order chi connectivity index (χ1) is 9.61. The molecule has 2 N–H and O–H groups in total. The van der Waals surface area contributed by atoms with Crippen LogP contribution in [0, 0.1) is 10.1 Å². The van der Waals surface area contributed by atoms with Crippen LogP contribution in [0.3, 0.4) is 0 Å². The number of nitrogens with one attached hydrogen (secondary N) is 2. The Labute approximate surface area is 118 Å². The van der Waals surface area contributed by atoms with E-state index in [2.05, 4.69) is 15.6 Å². The van der Waals surface area contributed by atoms with Crippen LogP contribution < -0.4 is 10.6 Å². The van der Waals surface area contributed by atoms with Crippen molar-refractivity contribution < 1.29 is 9.72 Å². The predicted octanol–water partition coefficient (Wildman–Crippen LogP) is 2.02. The smallest absolute Gasteiger partial charge is 0.270 e. The highest BCUT2D eigenvalue weighted by molar-refractivity contribution is 7.09. The van der Waals surface area contributed by atoms with Crippen LogP contribution >= 0.6 is 11.3 Å². The Morgan fingerprint density at radius 2 is 2.30 bits per heavy atom. The molecule has 0 spiro atoms. The number of anilines is 1. The second-order valence-electron chi connectivity index (χ2n) is 3.89. The summed E-state index contributed by atoms with van der Waals surface area (Å²) in [5, 5.41) is 16.3. The van der Waals surface area contributed by atoms with Gasteiger partial charge in [0.2, 0.25) is 0 Å². The van der Waals surface area contributed by atoms with Crippen molar-refractivity contribution >= 4 is 28.6 Å². The van der Waals surface area contributed by atoms with Gasteiger partial charge in [-0.2, -0.15) is 0 Å². The second-order valence-corrected chi connectivity index (χ2v) is 4.86. The number of nitrogens with zero attached hydrogens (tertiary/aromatic N) is 2. The second kappa shape index (κ2) is 6.11. The Hall–Kier alpha value is -2.48. The average Bonchev–Trinajstić information content (AvgIpc) is 2.97. The van der Waals surface area contributed by atoms with E-state index >= 15 is 0 Å². The van der Waals surface area contributed by atoms with Gasteiger partial charge in [-0.15, -0.1) is 11.3 Å². The number of nitro groups is 1. The predicted molar refractivity (Wildman–Crippen MR) is 75.9 cm³/mol. The van der Waals surface area contributed by atoms with Crippen LogP contribution in [0.4, 0.5) is 11.4 Å². The maximum Gasteiger partial charge on any atom is 0.270 e. The molecule has 7 nitrogen and oxygen atoms in total. The molecular formula is C12H12N4O3S. The van der Waals surface area contributed by atoms with E-state index < -0.39 is 4.92 Å². The summed E-state index contributed by atoms with van der Waals surface area (Å²) in [5.41, 5.74) is 2.34. The third-order valence-corrected chi connectivity index (χ3v) is 3.41. The van der Waals surface area contributed by atoms with Gasteiger partial charge in [-0.1, -0.05) is 0 Å². The van der Waals surface area contributed by atoms with E-state index in [1.54, 1.807) is 18.8 Å². The Morgan fingerprint density at radius 3 is 2.90 bits per heavy atom. The quantitative estimate of drug-likeness (QED) is 0.649. The number of carbonyl (C=O) groups is 1. The molecule has 0 radical (unpaired) electrons. The minimum atomic E-state index is -0.528. The first-order valence-corrected chi connectivity index (χ1v) is 6.61. The van der Waals surface area contributed by atoms with E-state index in [9.17, 15) is 14.9 Å². The molecule has 0 saturated carbocycles. The van der Waals surface area contributed by atoms with Crippen LogP contribution in [0.1, 0.15) is 15.2 Å². The summed E-state index contributed by atoms with van der Waals surface area (Å²) in [4.78, 5) is 27.2. The monoisotopic (exact) mass is 292 g/mol. The van der Waals surface area contributed by atoms with Crippen LogP contribution in [0.5, 0.6) is 0 Å².